The number of hydrogen-bond donors (Lipinski definition) is 4. The molecule has 1 unspecified atom stereocenters. The van der Waals surface area contributed by atoms with Crippen molar-refractivity contribution in [3.8, 4) is 11.1 Å². The summed E-state index contributed by atoms with van der Waals surface area (Å²) in [4.78, 5) is 23.7. The van der Waals surface area contributed by atoms with Gasteiger partial charge in [0.15, 0.2) is 0 Å². The van der Waals surface area contributed by atoms with E-state index in [0.29, 0.717) is 23.7 Å². The first kappa shape index (κ1) is 29.4. The summed E-state index contributed by atoms with van der Waals surface area (Å²) in [7, 11) is -4.30. The Balaban J connectivity index is 1.71. The van der Waals surface area contributed by atoms with Crippen molar-refractivity contribution in [2.75, 3.05) is 11.9 Å². The van der Waals surface area contributed by atoms with Crippen molar-refractivity contribution in [3.63, 3.8) is 0 Å². The molecule has 0 fully saturated rings. The summed E-state index contributed by atoms with van der Waals surface area (Å²) in [6.07, 6.45) is 0.870. The van der Waals surface area contributed by atoms with E-state index in [1.165, 1.54) is 18.2 Å². The maximum Gasteiger partial charge on any atom is 0.322 e. The topological polar surface area (TPSA) is 125 Å². The molecule has 0 saturated heterocycles. The largest absolute Gasteiger partial charge is 0.480 e. The van der Waals surface area contributed by atoms with Crippen LogP contribution in [0.15, 0.2) is 71.6 Å². The number of rotatable bonds is 11. The molecule has 0 radical (unpaired) electrons. The van der Waals surface area contributed by atoms with Crippen LogP contribution < -0.4 is 15.4 Å². The molecule has 38 heavy (non-hydrogen) atoms. The second-order valence-electron chi connectivity index (χ2n) is 8.89. The first-order valence-corrected chi connectivity index (χ1v) is 14.2. The highest BCUT2D eigenvalue weighted by molar-refractivity contribution is 7.89. The molecule has 3 aromatic carbocycles. The minimum Gasteiger partial charge on any atom is -0.480 e. The van der Waals surface area contributed by atoms with Gasteiger partial charge in [0.2, 0.25) is 10.0 Å². The highest BCUT2D eigenvalue weighted by Gasteiger charge is 2.29. The number of carboxylic acids is 1. The van der Waals surface area contributed by atoms with Crippen molar-refractivity contribution < 1.29 is 23.1 Å². The van der Waals surface area contributed by atoms with Crippen LogP contribution in [0, 0.1) is 5.92 Å². The number of nitrogens with one attached hydrogen (secondary N) is 3. The van der Waals surface area contributed by atoms with Gasteiger partial charge in [-0.05, 0) is 53.3 Å². The van der Waals surface area contributed by atoms with E-state index >= 15 is 0 Å². The molecule has 0 bridgehead atoms. The lowest BCUT2D eigenvalue weighted by atomic mass is 10.0. The molecule has 0 spiro atoms. The fraction of sp³-hybridized carbons (Fsp3) is 0.259. The molecule has 2 amide bonds. The summed E-state index contributed by atoms with van der Waals surface area (Å²) in [5.41, 5.74) is 2.92. The first-order chi connectivity index (χ1) is 18.0. The van der Waals surface area contributed by atoms with Crippen LogP contribution >= 0.6 is 23.2 Å². The standard InChI is InChI=1S/C27H29Cl2N3O5S/c1-3-17(2)16-30-27(35)31-21-7-4-6-20(15-21)19-12-10-18(11-13-19)14-24(26(33)34)32-38(36,37)25-22(28)8-5-9-23(25)29/h4-13,15,17,24,32H,3,14,16H2,1-2H3,(H,33,34)(H2,30,31,35)/t17?,24-/m0/s1. The molecule has 3 aromatic rings. The zero-order chi connectivity index (χ0) is 27.9. The van der Waals surface area contributed by atoms with Crippen LogP contribution in [0.4, 0.5) is 10.5 Å². The van der Waals surface area contributed by atoms with Crippen LogP contribution in [0.1, 0.15) is 25.8 Å². The fourth-order valence-electron chi connectivity index (χ4n) is 3.60. The number of aliphatic carboxylic acids is 1. The maximum absolute atomic E-state index is 12.8. The van der Waals surface area contributed by atoms with E-state index in [9.17, 15) is 23.1 Å². The Kier molecular flexibility index (Phi) is 10.2. The van der Waals surface area contributed by atoms with Crippen molar-refractivity contribution in [3.05, 3.63) is 82.3 Å². The smallest absolute Gasteiger partial charge is 0.322 e. The van der Waals surface area contributed by atoms with Gasteiger partial charge in [-0.1, -0.05) is 85.9 Å². The number of hydrogen-bond acceptors (Lipinski definition) is 4. The number of urea groups is 1. The Labute approximate surface area is 232 Å². The van der Waals surface area contributed by atoms with Crippen LogP contribution in [0.3, 0.4) is 0 Å². The molecule has 0 aliphatic heterocycles. The Morgan fingerprint density at radius 1 is 0.947 bits per heavy atom. The third-order valence-electron chi connectivity index (χ3n) is 5.94. The minimum atomic E-state index is -4.30. The van der Waals surface area contributed by atoms with Gasteiger partial charge in [0.05, 0.1) is 10.0 Å². The lowest BCUT2D eigenvalue weighted by molar-refractivity contribution is -0.138. The van der Waals surface area contributed by atoms with Crippen LogP contribution in [0.2, 0.25) is 10.0 Å². The molecule has 202 valence electrons. The molecule has 0 aliphatic rings. The predicted octanol–water partition coefficient (Wildman–Crippen LogP) is 5.80. The Morgan fingerprint density at radius 2 is 1.58 bits per heavy atom. The Hall–Kier alpha value is -3.11. The van der Waals surface area contributed by atoms with Gasteiger partial charge in [-0.15, -0.1) is 0 Å². The molecule has 0 saturated carbocycles. The van der Waals surface area contributed by atoms with Gasteiger partial charge in [-0.3, -0.25) is 4.79 Å². The van der Waals surface area contributed by atoms with E-state index in [-0.39, 0.29) is 27.4 Å². The molecular formula is C27H29Cl2N3O5S. The van der Waals surface area contributed by atoms with E-state index in [2.05, 4.69) is 29.2 Å². The number of benzene rings is 3. The SMILES string of the molecule is CCC(C)CNC(=O)Nc1cccc(-c2ccc(C[C@H](NS(=O)(=O)c3c(Cl)cccc3Cl)C(=O)O)cc2)c1. The van der Waals surface area contributed by atoms with E-state index in [1.54, 1.807) is 30.3 Å². The highest BCUT2D eigenvalue weighted by atomic mass is 35.5. The summed E-state index contributed by atoms with van der Waals surface area (Å²) >= 11 is 12.0. The van der Waals surface area contributed by atoms with Crippen molar-refractivity contribution in [2.45, 2.75) is 37.6 Å². The molecular weight excluding hydrogens is 549 g/mol. The van der Waals surface area contributed by atoms with Crippen LogP contribution in [-0.4, -0.2) is 38.1 Å². The second kappa shape index (κ2) is 13.1. The van der Waals surface area contributed by atoms with Gasteiger partial charge in [0.25, 0.3) is 0 Å². The third kappa shape index (κ3) is 7.94. The molecule has 11 heteroatoms. The molecule has 2 atom stereocenters. The summed E-state index contributed by atoms with van der Waals surface area (Å²) in [6.45, 7) is 4.71. The van der Waals surface area contributed by atoms with Crippen molar-refractivity contribution >= 4 is 50.9 Å². The summed E-state index contributed by atoms with van der Waals surface area (Å²) in [6, 6.07) is 16.9. The Morgan fingerprint density at radius 3 is 2.18 bits per heavy atom. The third-order valence-corrected chi connectivity index (χ3v) is 8.36. The predicted molar refractivity (Wildman–Crippen MR) is 150 cm³/mol. The van der Waals surface area contributed by atoms with E-state index < -0.39 is 22.0 Å². The molecule has 4 N–H and O–H groups in total. The van der Waals surface area contributed by atoms with Gasteiger partial charge in [0, 0.05) is 12.2 Å². The fourth-order valence-corrected chi connectivity index (χ4v) is 5.93. The lowest BCUT2D eigenvalue weighted by Crippen LogP contribution is -2.42. The van der Waals surface area contributed by atoms with Gasteiger partial charge in [-0.25, -0.2) is 13.2 Å². The molecule has 8 nitrogen and oxygen atoms in total. The first-order valence-electron chi connectivity index (χ1n) is 11.9. The van der Waals surface area contributed by atoms with E-state index in [1.807, 2.05) is 18.2 Å². The normalized spacial score (nSPS) is 12.9. The highest BCUT2D eigenvalue weighted by Crippen LogP contribution is 2.29. The number of amides is 2. The number of halogens is 2. The number of sulfonamides is 1. The van der Waals surface area contributed by atoms with Crippen molar-refractivity contribution in [1.82, 2.24) is 10.0 Å². The van der Waals surface area contributed by atoms with E-state index in [4.69, 9.17) is 23.2 Å². The zero-order valence-corrected chi connectivity index (χ0v) is 23.2. The van der Waals surface area contributed by atoms with Crippen LogP contribution in [0.5, 0.6) is 0 Å². The zero-order valence-electron chi connectivity index (χ0n) is 20.9. The molecule has 3 rings (SSSR count). The van der Waals surface area contributed by atoms with Gasteiger partial charge < -0.3 is 15.7 Å². The van der Waals surface area contributed by atoms with Gasteiger partial charge in [0.1, 0.15) is 10.9 Å². The number of carboxylic acid groups (broad SMARTS) is 1. The van der Waals surface area contributed by atoms with Crippen LogP contribution in [0.25, 0.3) is 11.1 Å². The summed E-state index contributed by atoms with van der Waals surface area (Å²) < 4.78 is 27.9. The van der Waals surface area contributed by atoms with Gasteiger partial charge in [-0.2, -0.15) is 4.72 Å². The van der Waals surface area contributed by atoms with Crippen molar-refractivity contribution in [2.24, 2.45) is 5.92 Å². The number of anilines is 1. The number of carbonyl (C=O) groups excluding carboxylic acids is 1. The van der Waals surface area contributed by atoms with Gasteiger partial charge >= 0.3 is 12.0 Å². The average molecular weight is 579 g/mol. The summed E-state index contributed by atoms with van der Waals surface area (Å²) in [5, 5.41) is 15.1. The quantitative estimate of drug-likeness (QED) is 0.229. The molecule has 0 heterocycles. The average Bonchev–Trinajstić information content (AvgIpc) is 2.87. The number of carbonyl (C=O) groups is 2. The van der Waals surface area contributed by atoms with E-state index in [0.717, 1.165) is 17.5 Å². The Bertz CT molecular complexity index is 1380. The summed E-state index contributed by atoms with van der Waals surface area (Å²) in [5.74, 6) is -0.957. The molecule has 0 aliphatic carbocycles. The minimum absolute atomic E-state index is 0.102. The lowest BCUT2D eigenvalue weighted by Gasteiger charge is -2.16. The maximum atomic E-state index is 12.8. The van der Waals surface area contributed by atoms with Crippen LogP contribution in [-0.2, 0) is 21.2 Å². The second-order valence-corrected chi connectivity index (χ2v) is 11.4. The molecule has 0 aromatic heterocycles. The monoisotopic (exact) mass is 577 g/mol. The van der Waals surface area contributed by atoms with Crippen molar-refractivity contribution in [1.29, 1.82) is 0 Å².